The van der Waals surface area contributed by atoms with Crippen molar-refractivity contribution in [3.63, 3.8) is 0 Å². The van der Waals surface area contributed by atoms with E-state index in [2.05, 4.69) is 20.8 Å². The van der Waals surface area contributed by atoms with Gasteiger partial charge in [-0.15, -0.1) is 0 Å². The molecule has 2 aromatic rings. The first kappa shape index (κ1) is 27.1. The number of carbonyl (C=O) groups is 1. The topological polar surface area (TPSA) is 57.3 Å². The second-order valence-electron chi connectivity index (χ2n) is 9.84. The van der Waals surface area contributed by atoms with Crippen molar-refractivity contribution in [3.8, 4) is 17.2 Å². The van der Waals surface area contributed by atoms with Crippen molar-refractivity contribution in [2.24, 2.45) is 5.92 Å². The largest absolute Gasteiger partial charge is 0.494 e. The molecule has 3 rings (SSSR count). The number of esters is 1. The van der Waals surface area contributed by atoms with Crippen LogP contribution in [0.5, 0.6) is 17.2 Å². The van der Waals surface area contributed by atoms with Crippen molar-refractivity contribution in [2.45, 2.75) is 97.4 Å². The van der Waals surface area contributed by atoms with Crippen molar-refractivity contribution in [1.29, 1.82) is 0 Å². The number of hydrogen-bond donors (Lipinski definition) is 0. The number of benzene rings is 2. The fourth-order valence-corrected chi connectivity index (χ4v) is 4.20. The monoisotopic (exact) mass is 482 g/mol. The molecule has 1 aliphatic heterocycles. The first-order valence-corrected chi connectivity index (χ1v) is 13.3. The number of hydrogen-bond acceptors (Lipinski definition) is 5. The van der Waals surface area contributed by atoms with Crippen LogP contribution in [0.1, 0.15) is 89.4 Å². The van der Waals surface area contributed by atoms with Crippen LogP contribution in [-0.4, -0.2) is 30.9 Å². The SMILES string of the molecule is CCCCCCCCCCOc1ccc(OC(=O)c2ccc(O[C@@H](C)[C@@H]3O[C@H]3C(C)C)cc2)cc1. The van der Waals surface area contributed by atoms with Crippen LogP contribution in [0.4, 0.5) is 0 Å². The zero-order valence-electron chi connectivity index (χ0n) is 21.8. The van der Waals surface area contributed by atoms with Crippen molar-refractivity contribution in [3.05, 3.63) is 54.1 Å². The molecule has 5 nitrogen and oxygen atoms in total. The van der Waals surface area contributed by atoms with Gasteiger partial charge >= 0.3 is 5.97 Å². The molecular weight excluding hydrogens is 440 g/mol. The van der Waals surface area contributed by atoms with Crippen LogP contribution in [0.15, 0.2) is 48.5 Å². The van der Waals surface area contributed by atoms with E-state index in [9.17, 15) is 4.79 Å². The summed E-state index contributed by atoms with van der Waals surface area (Å²) in [5, 5.41) is 0. The van der Waals surface area contributed by atoms with Gasteiger partial charge in [-0.2, -0.15) is 0 Å². The van der Waals surface area contributed by atoms with Crippen LogP contribution in [0.3, 0.4) is 0 Å². The minimum absolute atomic E-state index is 0.0310. The molecule has 0 aromatic heterocycles. The molecule has 0 unspecified atom stereocenters. The summed E-state index contributed by atoms with van der Waals surface area (Å²) < 4.78 is 23.0. The fraction of sp³-hybridized carbons (Fsp3) is 0.567. The highest BCUT2D eigenvalue weighted by Crippen LogP contribution is 2.33. The Morgan fingerprint density at radius 2 is 1.34 bits per heavy atom. The molecule has 3 atom stereocenters. The minimum atomic E-state index is -0.400. The molecule has 5 heteroatoms. The Bertz CT molecular complexity index is 875. The molecule has 0 bridgehead atoms. The van der Waals surface area contributed by atoms with Gasteiger partial charge in [0, 0.05) is 0 Å². The van der Waals surface area contributed by atoms with Gasteiger partial charge in [-0.25, -0.2) is 4.79 Å². The van der Waals surface area contributed by atoms with E-state index in [4.69, 9.17) is 18.9 Å². The predicted molar refractivity (Wildman–Crippen MR) is 140 cm³/mol. The van der Waals surface area contributed by atoms with Gasteiger partial charge in [0.05, 0.1) is 18.3 Å². The first-order chi connectivity index (χ1) is 17.0. The molecule has 0 N–H and O–H groups in total. The minimum Gasteiger partial charge on any atom is -0.494 e. The number of epoxide rings is 1. The zero-order chi connectivity index (χ0) is 25.0. The van der Waals surface area contributed by atoms with E-state index in [-0.39, 0.29) is 18.3 Å². The lowest BCUT2D eigenvalue weighted by Crippen LogP contribution is -2.22. The molecule has 0 aliphatic carbocycles. The summed E-state index contributed by atoms with van der Waals surface area (Å²) in [5.74, 6) is 2.09. The number of ether oxygens (including phenoxy) is 4. The van der Waals surface area contributed by atoms with Gasteiger partial charge in [-0.05, 0) is 67.8 Å². The first-order valence-electron chi connectivity index (χ1n) is 13.3. The number of rotatable bonds is 16. The van der Waals surface area contributed by atoms with Crippen LogP contribution in [0, 0.1) is 5.92 Å². The second kappa shape index (κ2) is 14.1. The van der Waals surface area contributed by atoms with E-state index in [1.54, 1.807) is 36.4 Å². The van der Waals surface area contributed by atoms with Gasteiger partial charge < -0.3 is 18.9 Å². The summed E-state index contributed by atoms with van der Waals surface area (Å²) >= 11 is 0. The van der Waals surface area contributed by atoms with Crippen LogP contribution >= 0.6 is 0 Å². The van der Waals surface area contributed by atoms with Crippen molar-refractivity contribution in [2.75, 3.05) is 6.61 Å². The molecule has 1 fully saturated rings. The molecule has 35 heavy (non-hydrogen) atoms. The summed E-state index contributed by atoms with van der Waals surface area (Å²) in [7, 11) is 0. The molecule has 0 amide bonds. The Morgan fingerprint density at radius 3 is 1.94 bits per heavy atom. The maximum atomic E-state index is 12.5. The van der Waals surface area contributed by atoms with Gasteiger partial charge in [-0.1, -0.05) is 65.7 Å². The van der Waals surface area contributed by atoms with E-state index >= 15 is 0 Å². The normalized spacial score (nSPS) is 17.7. The van der Waals surface area contributed by atoms with Crippen LogP contribution < -0.4 is 14.2 Å². The van der Waals surface area contributed by atoms with Gasteiger partial charge in [0.1, 0.15) is 29.5 Å². The van der Waals surface area contributed by atoms with Crippen molar-refractivity contribution < 1.29 is 23.7 Å². The van der Waals surface area contributed by atoms with Crippen LogP contribution in [0.2, 0.25) is 0 Å². The lowest BCUT2D eigenvalue weighted by molar-refractivity contribution is 0.0734. The highest BCUT2D eigenvalue weighted by Gasteiger charge is 2.46. The third-order valence-electron chi connectivity index (χ3n) is 6.39. The van der Waals surface area contributed by atoms with Crippen LogP contribution in [-0.2, 0) is 4.74 Å². The van der Waals surface area contributed by atoms with E-state index in [0.29, 0.717) is 29.6 Å². The quantitative estimate of drug-likeness (QED) is 0.107. The Labute approximate surface area is 211 Å². The second-order valence-corrected chi connectivity index (χ2v) is 9.84. The molecule has 192 valence electrons. The maximum Gasteiger partial charge on any atom is 0.343 e. The summed E-state index contributed by atoms with van der Waals surface area (Å²) in [5.41, 5.74) is 0.475. The third kappa shape index (κ3) is 9.21. The summed E-state index contributed by atoms with van der Waals surface area (Å²) in [6, 6.07) is 14.2. The van der Waals surface area contributed by atoms with Crippen molar-refractivity contribution in [1.82, 2.24) is 0 Å². The van der Waals surface area contributed by atoms with Gasteiger partial charge in [0.25, 0.3) is 0 Å². The zero-order valence-corrected chi connectivity index (χ0v) is 21.8. The molecule has 1 saturated heterocycles. The fourth-order valence-electron chi connectivity index (χ4n) is 4.20. The molecule has 0 spiro atoms. The number of carbonyl (C=O) groups excluding carboxylic acids is 1. The van der Waals surface area contributed by atoms with Crippen molar-refractivity contribution >= 4 is 5.97 Å². The lowest BCUT2D eigenvalue weighted by Gasteiger charge is -2.13. The van der Waals surface area contributed by atoms with Gasteiger partial charge in [0.15, 0.2) is 0 Å². The lowest BCUT2D eigenvalue weighted by atomic mass is 10.1. The molecule has 0 radical (unpaired) electrons. The molecular formula is C30H42O5. The van der Waals surface area contributed by atoms with E-state index in [0.717, 1.165) is 12.2 Å². The van der Waals surface area contributed by atoms with Gasteiger partial charge in [0.2, 0.25) is 0 Å². The summed E-state index contributed by atoms with van der Waals surface area (Å²) in [4.78, 5) is 12.5. The standard InChI is InChI=1S/C30H42O5/c1-5-6-7-8-9-10-11-12-21-32-25-17-19-27(20-18-25)34-30(31)24-13-15-26(16-14-24)33-23(4)29-28(35-29)22(2)3/h13-20,22-23,28-29H,5-12,21H2,1-4H3/t23-,28-,29-/m0/s1. The predicted octanol–water partition coefficient (Wildman–Crippen LogP) is 7.62. The Morgan fingerprint density at radius 1 is 0.771 bits per heavy atom. The van der Waals surface area contributed by atoms with E-state index < -0.39 is 5.97 Å². The highest BCUT2D eigenvalue weighted by molar-refractivity contribution is 5.91. The highest BCUT2D eigenvalue weighted by atomic mass is 16.6. The maximum absolute atomic E-state index is 12.5. The van der Waals surface area contributed by atoms with E-state index in [1.165, 1.54) is 44.9 Å². The Hall–Kier alpha value is -2.53. The molecule has 2 aromatic carbocycles. The van der Waals surface area contributed by atoms with E-state index in [1.807, 2.05) is 19.1 Å². The Balaban J connectivity index is 1.34. The Kier molecular flexibility index (Phi) is 10.9. The molecule has 1 aliphatic rings. The molecule has 1 heterocycles. The summed E-state index contributed by atoms with van der Waals surface area (Å²) in [6.07, 6.45) is 10.6. The smallest absolute Gasteiger partial charge is 0.343 e. The van der Waals surface area contributed by atoms with Crippen LogP contribution in [0.25, 0.3) is 0 Å². The third-order valence-corrected chi connectivity index (χ3v) is 6.39. The number of unbranched alkanes of at least 4 members (excludes halogenated alkanes) is 7. The molecule has 0 saturated carbocycles. The average Bonchev–Trinajstić information content (AvgIpc) is 3.66. The average molecular weight is 483 g/mol. The van der Waals surface area contributed by atoms with Gasteiger partial charge in [-0.3, -0.25) is 0 Å². The summed E-state index contributed by atoms with van der Waals surface area (Å²) in [6.45, 7) is 9.27.